The van der Waals surface area contributed by atoms with Crippen LogP contribution in [0.3, 0.4) is 0 Å². The number of hydrogen-bond acceptors (Lipinski definition) is 2. The summed E-state index contributed by atoms with van der Waals surface area (Å²) in [5.41, 5.74) is 7.23. The number of thiol groups is 1. The average Bonchev–Trinajstić information content (AvgIpc) is 3.52. The third-order valence-corrected chi connectivity index (χ3v) is 15.5. The van der Waals surface area contributed by atoms with Gasteiger partial charge in [-0.1, -0.05) is 91.0 Å². The fourth-order valence-corrected chi connectivity index (χ4v) is 11.8. The van der Waals surface area contributed by atoms with Gasteiger partial charge < -0.3 is 0 Å². The molecule has 1 aliphatic carbocycles. The maximum Gasteiger partial charge on any atom is 0.167 e. The molecule has 0 spiro atoms. The van der Waals surface area contributed by atoms with E-state index in [1.807, 2.05) is 0 Å². The molecular weight excluding hydrogens is 596 g/mol. The summed E-state index contributed by atoms with van der Waals surface area (Å²) in [6.07, 6.45) is 7.03. The standard InChI is InChI=1S/C42H34N2PS/c1-42-25-11-10-17-37(42)36-16-8-9-18-39(36)44-40-28-32(22-24-38(40)43-41(42)44)29-19-20-31-27-35(23-21-30(31)26-29)45(46,33-12-4-2-5-13-33)34-14-6-3-7-15-34/h2-9,11-16,18-28,37,46H,10,17H2,1H3/q+1. The molecule has 2 unspecified atom stereocenters. The van der Waals surface area contributed by atoms with Crippen molar-refractivity contribution in [3.63, 3.8) is 0 Å². The van der Waals surface area contributed by atoms with Crippen molar-refractivity contribution < 1.29 is 0 Å². The van der Waals surface area contributed by atoms with E-state index in [2.05, 4.69) is 163 Å². The first kappa shape index (κ1) is 27.8. The maximum absolute atomic E-state index is 5.51. The van der Waals surface area contributed by atoms with Gasteiger partial charge in [-0.2, -0.15) is 0 Å². The van der Waals surface area contributed by atoms with Gasteiger partial charge in [-0.05, 0) is 108 Å². The molecule has 0 bridgehead atoms. The van der Waals surface area contributed by atoms with Crippen LogP contribution < -0.4 is 15.9 Å². The summed E-state index contributed by atoms with van der Waals surface area (Å²) in [6, 6.07) is 51.0. The molecule has 46 heavy (non-hydrogen) atoms. The number of benzene rings is 6. The third-order valence-electron chi connectivity index (χ3n) is 10.3. The lowest BCUT2D eigenvalue weighted by Gasteiger charge is -2.42. The molecule has 0 amide bonds. The van der Waals surface area contributed by atoms with Gasteiger partial charge in [-0.15, -0.1) is 0 Å². The van der Waals surface area contributed by atoms with Gasteiger partial charge >= 0.3 is 0 Å². The Balaban J connectivity index is 1.16. The van der Waals surface area contributed by atoms with E-state index < -0.39 is 6.46 Å². The van der Waals surface area contributed by atoms with E-state index in [0.717, 1.165) is 24.2 Å². The molecule has 0 fully saturated rings. The molecule has 0 saturated carbocycles. The Kier molecular flexibility index (Phi) is 6.39. The number of hydrogen-bond donors (Lipinski definition) is 1. The number of rotatable bonds is 4. The normalized spacial score (nSPS) is 18.7. The van der Waals surface area contributed by atoms with Crippen LogP contribution in [-0.2, 0) is 5.41 Å². The fraction of sp³-hybridized carbons (Fsp3) is 0.119. The van der Waals surface area contributed by atoms with E-state index in [1.54, 1.807) is 0 Å². The number of fused-ring (bicyclic) bond motifs is 9. The zero-order chi connectivity index (χ0) is 30.9. The third kappa shape index (κ3) is 4.12. The van der Waals surface area contributed by atoms with Crippen LogP contribution in [0.1, 0.15) is 37.1 Å². The van der Waals surface area contributed by atoms with Gasteiger partial charge in [0, 0.05) is 18.2 Å². The molecule has 0 N–H and O–H groups in total. The number of imidazole rings is 1. The second-order valence-corrected chi connectivity index (χ2v) is 17.5. The van der Waals surface area contributed by atoms with Gasteiger partial charge in [-0.25, -0.2) is 4.98 Å². The van der Waals surface area contributed by atoms with E-state index >= 15 is 0 Å². The van der Waals surface area contributed by atoms with Crippen molar-refractivity contribution in [1.29, 1.82) is 0 Å². The first-order valence-corrected chi connectivity index (χ1v) is 19.1. The second-order valence-electron chi connectivity index (χ2n) is 12.9. The highest BCUT2D eigenvalue weighted by Crippen LogP contribution is 2.60. The summed E-state index contributed by atoms with van der Waals surface area (Å²) in [7, 11) is 0. The Morgan fingerprint density at radius 3 is 2.13 bits per heavy atom. The number of allylic oxidation sites excluding steroid dienone is 2. The average molecular weight is 630 g/mol. The molecule has 6 aromatic carbocycles. The van der Waals surface area contributed by atoms with Crippen molar-refractivity contribution in [2.75, 3.05) is 0 Å². The highest BCUT2D eigenvalue weighted by Gasteiger charge is 2.45. The predicted octanol–water partition coefficient (Wildman–Crippen LogP) is 9.69. The minimum Gasteiger partial charge on any atom is -0.295 e. The molecule has 4 heteroatoms. The molecule has 2 aliphatic rings. The van der Waals surface area contributed by atoms with Crippen molar-refractivity contribution in [3.8, 4) is 16.8 Å². The van der Waals surface area contributed by atoms with E-state index in [9.17, 15) is 0 Å². The molecule has 1 aromatic heterocycles. The van der Waals surface area contributed by atoms with Crippen molar-refractivity contribution in [2.45, 2.75) is 31.1 Å². The second kappa shape index (κ2) is 10.6. The molecule has 2 atom stereocenters. The maximum atomic E-state index is 5.51. The van der Waals surface area contributed by atoms with Crippen LogP contribution >= 0.6 is 18.7 Å². The topological polar surface area (TPSA) is 17.8 Å². The number of aromatic nitrogens is 2. The Labute approximate surface area is 276 Å². The van der Waals surface area contributed by atoms with E-state index in [-0.39, 0.29) is 5.41 Å². The molecule has 222 valence electrons. The summed E-state index contributed by atoms with van der Waals surface area (Å²) in [5, 5.41) is 6.26. The Bertz CT molecular complexity index is 2270. The molecule has 0 radical (unpaired) electrons. The van der Waals surface area contributed by atoms with E-state index in [0.29, 0.717) is 5.92 Å². The Hall–Kier alpha value is -4.43. The largest absolute Gasteiger partial charge is 0.295 e. The van der Waals surface area contributed by atoms with Gasteiger partial charge in [0.05, 0.1) is 22.1 Å². The van der Waals surface area contributed by atoms with Crippen LogP contribution in [0, 0.1) is 0 Å². The predicted molar refractivity (Wildman–Crippen MR) is 200 cm³/mol. The zero-order valence-electron chi connectivity index (χ0n) is 25.7. The van der Waals surface area contributed by atoms with Gasteiger partial charge in [0.25, 0.3) is 0 Å². The smallest absolute Gasteiger partial charge is 0.167 e. The lowest BCUT2D eigenvalue weighted by molar-refractivity contribution is 0.381. The Morgan fingerprint density at radius 1 is 0.696 bits per heavy atom. The SMILES string of the molecule is CC12C=CCCC1c1ccccc1-n1c2nc2ccc(-c3ccc4cc([P+](S)(c5ccccc5)c5ccccc5)ccc4c3)cc21. The zero-order valence-corrected chi connectivity index (χ0v) is 27.5. The van der Waals surface area contributed by atoms with Gasteiger partial charge in [0.1, 0.15) is 21.7 Å². The molecule has 7 aromatic rings. The van der Waals surface area contributed by atoms with Crippen LogP contribution in [0.5, 0.6) is 0 Å². The first-order chi connectivity index (χ1) is 22.5. The van der Waals surface area contributed by atoms with Gasteiger partial charge in [0.15, 0.2) is 6.46 Å². The molecule has 1 aliphatic heterocycles. The van der Waals surface area contributed by atoms with Gasteiger partial charge in [-0.3, -0.25) is 4.57 Å². The van der Waals surface area contributed by atoms with Crippen molar-refractivity contribution in [2.24, 2.45) is 0 Å². The van der Waals surface area contributed by atoms with Gasteiger partial charge in [0.2, 0.25) is 0 Å². The van der Waals surface area contributed by atoms with Crippen molar-refractivity contribution >= 4 is 56.4 Å². The van der Waals surface area contributed by atoms with Crippen LogP contribution in [0.15, 0.2) is 152 Å². The highest BCUT2D eigenvalue weighted by molar-refractivity contribution is 8.61. The lowest BCUT2D eigenvalue weighted by atomic mass is 9.66. The minimum absolute atomic E-state index is 0.114. The van der Waals surface area contributed by atoms with Crippen molar-refractivity contribution in [1.82, 2.24) is 9.55 Å². The summed E-state index contributed by atoms with van der Waals surface area (Å²) in [6.45, 7) is 0.276. The number of nitrogens with zero attached hydrogens (tertiary/aromatic N) is 2. The summed E-state index contributed by atoms with van der Waals surface area (Å²) < 4.78 is 2.43. The monoisotopic (exact) mass is 629 g/mol. The molecular formula is C42H34N2PS+. The van der Waals surface area contributed by atoms with E-state index in [1.165, 1.54) is 54.6 Å². The summed E-state index contributed by atoms with van der Waals surface area (Å²) in [5.74, 6) is 1.60. The quantitative estimate of drug-likeness (QED) is 0.117. The molecule has 9 rings (SSSR count). The lowest BCUT2D eigenvalue weighted by Crippen LogP contribution is -2.37. The van der Waals surface area contributed by atoms with Crippen LogP contribution in [0.4, 0.5) is 0 Å². The molecule has 0 saturated heterocycles. The highest BCUT2D eigenvalue weighted by atomic mass is 32.7. The Morgan fingerprint density at radius 2 is 1.35 bits per heavy atom. The van der Waals surface area contributed by atoms with Crippen molar-refractivity contribution in [3.05, 3.63) is 163 Å². The minimum atomic E-state index is -2.10. The molecule has 2 nitrogen and oxygen atoms in total. The molecule has 2 heterocycles. The summed E-state index contributed by atoms with van der Waals surface area (Å²) in [4.78, 5) is 5.28. The van der Waals surface area contributed by atoms with Crippen LogP contribution in [0.2, 0.25) is 0 Å². The first-order valence-electron chi connectivity index (χ1n) is 16.1. The van der Waals surface area contributed by atoms with Crippen LogP contribution in [0.25, 0.3) is 38.6 Å². The van der Waals surface area contributed by atoms with Crippen LogP contribution in [-0.4, -0.2) is 9.55 Å². The van der Waals surface area contributed by atoms with E-state index in [4.69, 9.17) is 17.2 Å². The summed E-state index contributed by atoms with van der Waals surface area (Å²) >= 11 is 5.51. The number of para-hydroxylation sites is 1. The fourth-order valence-electron chi connectivity index (χ4n) is 7.91.